The lowest BCUT2D eigenvalue weighted by atomic mass is 10.1. The Morgan fingerprint density at radius 1 is 0.882 bits per heavy atom. The quantitative estimate of drug-likeness (QED) is 0.481. The van der Waals surface area contributed by atoms with Crippen molar-refractivity contribution in [3.63, 3.8) is 0 Å². The number of rotatable bonds is 3. The molecule has 1 nitrogen and oxygen atoms in total. The van der Waals surface area contributed by atoms with Gasteiger partial charge in [-0.05, 0) is 17.5 Å². The van der Waals surface area contributed by atoms with E-state index in [-0.39, 0.29) is 5.92 Å². The molecule has 0 bridgehead atoms. The zero-order chi connectivity index (χ0) is 14.1. The van der Waals surface area contributed by atoms with Crippen molar-refractivity contribution in [3.05, 3.63) is 0 Å². The molecule has 0 radical (unpaired) electrons. The molecule has 0 atom stereocenters. The van der Waals surface area contributed by atoms with Crippen LogP contribution in [0.4, 0.5) is 35.1 Å². The van der Waals surface area contributed by atoms with Gasteiger partial charge >= 0.3 is 23.1 Å². The van der Waals surface area contributed by atoms with E-state index in [2.05, 4.69) is 11.6 Å². The Morgan fingerprint density at radius 3 is 1.59 bits per heavy atom. The number of alkyl halides is 9. The average Bonchev–Trinajstić information content (AvgIpc) is 2.12. The molecule has 0 heterocycles. The van der Waals surface area contributed by atoms with E-state index in [1.807, 2.05) is 0 Å². The van der Waals surface area contributed by atoms with Crippen LogP contribution in [0.25, 0.3) is 0 Å². The van der Waals surface area contributed by atoms with Gasteiger partial charge in [-0.2, -0.15) is 35.1 Å². The number of aliphatic hydroxyl groups is 1. The second-order valence-electron chi connectivity index (χ2n) is 2.68. The summed E-state index contributed by atoms with van der Waals surface area (Å²) in [5, 5.41) is 2.06. The summed E-state index contributed by atoms with van der Waals surface area (Å²) < 4.78 is 98.8. The van der Waals surface area contributed by atoms with Crippen molar-refractivity contribution >= 4 is 11.6 Å². The number of halogens is 9. The molecule has 0 aromatic rings. The topological polar surface area (TPSA) is 20.2 Å². The minimum Gasteiger partial charge on any atom is -0.384 e. The van der Waals surface area contributed by atoms with Gasteiger partial charge in [-0.25, -0.2) is 0 Å². The van der Waals surface area contributed by atoms with Gasteiger partial charge in [0.1, 0.15) is 6.61 Å². The van der Waals surface area contributed by atoms with Crippen molar-refractivity contribution in [2.45, 2.75) is 23.1 Å². The Bertz CT molecular complexity index is 336. The van der Waals surface area contributed by atoms with E-state index in [9.17, 15) is 35.1 Å². The van der Waals surface area contributed by atoms with Crippen molar-refractivity contribution in [2.75, 3.05) is 6.61 Å². The molecule has 0 aliphatic heterocycles. The van der Waals surface area contributed by atoms with Crippen LogP contribution < -0.4 is 0 Å². The van der Waals surface area contributed by atoms with Crippen LogP contribution >= 0.6 is 11.6 Å². The van der Waals surface area contributed by atoms with Crippen molar-refractivity contribution in [3.8, 4) is 11.8 Å². The van der Waals surface area contributed by atoms with E-state index >= 15 is 0 Å². The van der Waals surface area contributed by atoms with Crippen molar-refractivity contribution < 1.29 is 40.2 Å². The lowest BCUT2D eigenvalue weighted by Crippen LogP contribution is -2.60. The lowest BCUT2D eigenvalue weighted by Gasteiger charge is -2.31. The van der Waals surface area contributed by atoms with Crippen molar-refractivity contribution in [1.29, 1.82) is 0 Å². The molecule has 0 aliphatic rings. The number of hydrogen-bond donors (Lipinski definition) is 1. The van der Waals surface area contributed by atoms with Gasteiger partial charge in [0.2, 0.25) is 0 Å². The predicted octanol–water partition coefficient (Wildman–Crippen LogP) is 2.72. The van der Waals surface area contributed by atoms with E-state index in [1.165, 1.54) is 0 Å². The molecule has 0 spiro atoms. The van der Waals surface area contributed by atoms with Crippen molar-refractivity contribution in [1.82, 2.24) is 0 Å². The molecular formula is C7H3ClF8O. The Balaban J connectivity index is 5.55. The molecule has 0 amide bonds. The number of aliphatic hydroxyl groups excluding tert-OH is 1. The third-order valence-electron chi connectivity index (χ3n) is 1.47. The lowest BCUT2D eigenvalue weighted by molar-refractivity contribution is -0.333. The first-order valence-electron chi connectivity index (χ1n) is 3.62. The summed E-state index contributed by atoms with van der Waals surface area (Å²) in [6.45, 7) is -1.34. The summed E-state index contributed by atoms with van der Waals surface area (Å²) in [6.07, 6.45) is 0. The van der Waals surface area contributed by atoms with Gasteiger partial charge in [0.15, 0.2) is 0 Å². The molecule has 0 unspecified atom stereocenters. The largest absolute Gasteiger partial charge is 0.393 e. The van der Waals surface area contributed by atoms with E-state index in [4.69, 9.17) is 5.11 Å². The maximum atomic E-state index is 12.6. The van der Waals surface area contributed by atoms with Crippen LogP contribution in [0.1, 0.15) is 0 Å². The van der Waals surface area contributed by atoms with Gasteiger partial charge in [-0.1, -0.05) is 5.92 Å². The summed E-state index contributed by atoms with van der Waals surface area (Å²) >= 11 is 3.66. The van der Waals surface area contributed by atoms with Crippen LogP contribution in [-0.4, -0.2) is 34.9 Å². The van der Waals surface area contributed by atoms with Gasteiger partial charge in [-0.3, -0.25) is 0 Å². The fraction of sp³-hybridized carbons (Fsp3) is 0.714. The molecule has 0 fully saturated rings. The van der Waals surface area contributed by atoms with Gasteiger partial charge < -0.3 is 5.11 Å². The fourth-order valence-corrected chi connectivity index (χ4v) is 0.723. The molecule has 0 aromatic carbocycles. The van der Waals surface area contributed by atoms with Gasteiger partial charge in [-0.15, -0.1) is 0 Å². The Kier molecular flexibility index (Phi) is 4.30. The molecule has 17 heavy (non-hydrogen) atoms. The highest BCUT2D eigenvalue weighted by Crippen LogP contribution is 2.53. The summed E-state index contributed by atoms with van der Waals surface area (Å²) in [5.74, 6) is -17.6. The monoisotopic (exact) mass is 290 g/mol. The highest BCUT2D eigenvalue weighted by Gasteiger charge is 2.80. The third kappa shape index (κ3) is 2.74. The molecule has 0 saturated heterocycles. The highest BCUT2D eigenvalue weighted by atomic mass is 35.5. The molecule has 1 N–H and O–H groups in total. The van der Waals surface area contributed by atoms with Crippen molar-refractivity contribution in [2.24, 2.45) is 0 Å². The SMILES string of the molecule is OCC#CC(F)(F)C(F)(F)C(F)(F)C(F)(F)Cl. The standard InChI is InChI=1S/C7H3ClF8O/c8-7(15,16)6(13,14)5(11,12)4(9,10)2-1-3-17/h17H,3H2. The van der Waals surface area contributed by atoms with Gasteiger partial charge in [0.05, 0.1) is 0 Å². The van der Waals surface area contributed by atoms with Gasteiger partial charge in [0.25, 0.3) is 0 Å². The molecule has 0 saturated carbocycles. The van der Waals surface area contributed by atoms with Crippen LogP contribution in [0.15, 0.2) is 0 Å². The third-order valence-corrected chi connectivity index (χ3v) is 1.71. The highest BCUT2D eigenvalue weighted by molar-refractivity contribution is 6.22. The smallest absolute Gasteiger partial charge is 0.384 e. The van der Waals surface area contributed by atoms with E-state index in [1.54, 1.807) is 0 Å². The zero-order valence-electron chi connectivity index (χ0n) is 7.56. The Morgan fingerprint density at radius 2 is 1.29 bits per heavy atom. The fourth-order valence-electron chi connectivity index (χ4n) is 0.604. The second kappa shape index (κ2) is 4.49. The summed E-state index contributed by atoms with van der Waals surface area (Å²) in [6, 6.07) is 0. The van der Waals surface area contributed by atoms with Crippen LogP contribution in [0.2, 0.25) is 0 Å². The summed E-state index contributed by atoms with van der Waals surface area (Å²) in [5.41, 5.74) is 0. The first kappa shape index (κ1) is 16.2. The molecule has 0 aliphatic carbocycles. The normalized spacial score (nSPS) is 14.2. The van der Waals surface area contributed by atoms with Crippen LogP contribution in [0.5, 0.6) is 0 Å². The van der Waals surface area contributed by atoms with E-state index in [0.717, 1.165) is 5.92 Å². The molecule has 10 heteroatoms. The van der Waals surface area contributed by atoms with Crippen LogP contribution in [0.3, 0.4) is 0 Å². The summed E-state index contributed by atoms with van der Waals surface area (Å²) in [4.78, 5) is 0. The Hall–Kier alpha value is -0.750. The van der Waals surface area contributed by atoms with Crippen LogP contribution in [0, 0.1) is 11.8 Å². The van der Waals surface area contributed by atoms with E-state index < -0.39 is 29.8 Å². The molecule has 0 rings (SSSR count). The minimum atomic E-state index is -6.52. The predicted molar refractivity (Wildman–Crippen MR) is 40.5 cm³/mol. The first-order valence-corrected chi connectivity index (χ1v) is 4.00. The zero-order valence-corrected chi connectivity index (χ0v) is 8.31. The minimum absolute atomic E-state index is 0.272. The first-order chi connectivity index (χ1) is 7.31. The van der Waals surface area contributed by atoms with Crippen LogP contribution in [-0.2, 0) is 0 Å². The maximum Gasteiger partial charge on any atom is 0.393 e. The van der Waals surface area contributed by atoms with Gasteiger partial charge in [0, 0.05) is 0 Å². The average molecular weight is 291 g/mol. The second-order valence-corrected chi connectivity index (χ2v) is 3.16. The van der Waals surface area contributed by atoms with E-state index in [0.29, 0.717) is 0 Å². The molecule has 100 valence electrons. The number of hydrogen-bond acceptors (Lipinski definition) is 1. The summed E-state index contributed by atoms with van der Waals surface area (Å²) in [7, 11) is 0. The molecule has 0 aromatic heterocycles. The Labute approximate surface area is 94.3 Å². The molecular weight excluding hydrogens is 288 g/mol. The maximum absolute atomic E-state index is 12.6.